The lowest BCUT2D eigenvalue weighted by Gasteiger charge is -2.47. The maximum atomic E-state index is 10.7. The van der Waals surface area contributed by atoms with Gasteiger partial charge in [-0.1, -0.05) is 0 Å². The molecule has 3 saturated heterocycles. The molecule has 0 spiro atoms. The van der Waals surface area contributed by atoms with Crippen molar-refractivity contribution < 1.29 is 64.9 Å². The van der Waals surface area contributed by atoms with Crippen LogP contribution in [-0.4, -0.2) is 152 Å². The van der Waals surface area contributed by atoms with Crippen molar-refractivity contribution in [1.82, 2.24) is 5.32 Å². The van der Waals surface area contributed by atoms with Crippen molar-refractivity contribution in [2.24, 2.45) is 5.92 Å². The third kappa shape index (κ3) is 5.24. The molecule has 0 unspecified atom stereocenters. The molecule has 3 aliphatic heterocycles. The van der Waals surface area contributed by atoms with Crippen LogP contribution < -0.4 is 5.32 Å². The van der Waals surface area contributed by atoms with Gasteiger partial charge in [-0.2, -0.15) is 0 Å². The summed E-state index contributed by atoms with van der Waals surface area (Å²) in [5.41, 5.74) is 0. The van der Waals surface area contributed by atoms with Crippen LogP contribution in [0.5, 0.6) is 0 Å². The van der Waals surface area contributed by atoms with Gasteiger partial charge < -0.3 is 70.2 Å². The Morgan fingerprint density at radius 2 is 1.22 bits per heavy atom. The van der Waals surface area contributed by atoms with E-state index in [0.29, 0.717) is 6.54 Å². The van der Waals surface area contributed by atoms with Gasteiger partial charge in [-0.3, -0.25) is 0 Å². The summed E-state index contributed by atoms with van der Waals surface area (Å²) in [4.78, 5) is 0. The fraction of sp³-hybridized carbons (Fsp3) is 1.00. The molecule has 0 bridgehead atoms. The third-order valence-electron chi connectivity index (χ3n) is 6.12. The number of ether oxygens (including phenoxy) is 4. The van der Waals surface area contributed by atoms with Crippen molar-refractivity contribution in [3.05, 3.63) is 0 Å². The summed E-state index contributed by atoms with van der Waals surface area (Å²) in [6, 6.07) is 0. The molecule has 13 atom stereocenters. The van der Waals surface area contributed by atoms with Crippen LogP contribution in [-0.2, 0) is 18.9 Å². The van der Waals surface area contributed by atoms with E-state index in [2.05, 4.69) is 5.32 Å². The number of hydrogen-bond donors (Lipinski definition) is 10. The second kappa shape index (κ2) is 11.2. The summed E-state index contributed by atoms with van der Waals surface area (Å²) in [5, 5.41) is 92.8. The minimum atomic E-state index is -1.78. The molecule has 0 aromatic carbocycles. The van der Waals surface area contributed by atoms with Crippen molar-refractivity contribution in [1.29, 1.82) is 0 Å². The van der Waals surface area contributed by atoms with Crippen molar-refractivity contribution in [3.8, 4) is 0 Å². The van der Waals surface area contributed by atoms with E-state index in [0.717, 1.165) is 0 Å². The first-order valence-electron chi connectivity index (χ1n) is 10.5. The Morgan fingerprint density at radius 3 is 1.81 bits per heavy atom. The molecule has 3 heterocycles. The Kier molecular flexibility index (Phi) is 9.15. The molecule has 0 aromatic rings. The molecular weight excluding hydrogens is 438 g/mol. The molecule has 14 nitrogen and oxygen atoms in total. The first-order valence-corrected chi connectivity index (χ1v) is 10.5. The van der Waals surface area contributed by atoms with Gasteiger partial charge >= 0.3 is 0 Å². The summed E-state index contributed by atoms with van der Waals surface area (Å²) in [7, 11) is 0. The van der Waals surface area contributed by atoms with E-state index >= 15 is 0 Å². The maximum absolute atomic E-state index is 10.7. The molecule has 10 N–H and O–H groups in total. The van der Waals surface area contributed by atoms with E-state index in [1.54, 1.807) is 0 Å². The van der Waals surface area contributed by atoms with Crippen LogP contribution in [0.25, 0.3) is 0 Å². The van der Waals surface area contributed by atoms with Crippen molar-refractivity contribution in [2.45, 2.75) is 73.6 Å². The predicted molar refractivity (Wildman–Crippen MR) is 101 cm³/mol. The maximum Gasteiger partial charge on any atom is 0.187 e. The molecule has 14 heteroatoms. The summed E-state index contributed by atoms with van der Waals surface area (Å²) >= 11 is 0. The van der Waals surface area contributed by atoms with E-state index < -0.39 is 92.8 Å². The molecule has 32 heavy (non-hydrogen) atoms. The lowest BCUT2D eigenvalue weighted by molar-refractivity contribution is -0.366. The zero-order valence-electron chi connectivity index (χ0n) is 17.2. The number of piperidine rings is 1. The Morgan fingerprint density at radius 1 is 0.625 bits per heavy atom. The van der Waals surface area contributed by atoms with Crippen LogP contribution in [0.4, 0.5) is 0 Å². The Bertz CT molecular complexity index is 585. The van der Waals surface area contributed by atoms with Gasteiger partial charge in [-0.15, -0.1) is 0 Å². The van der Waals surface area contributed by atoms with Crippen LogP contribution in [0.1, 0.15) is 0 Å². The van der Waals surface area contributed by atoms with Gasteiger partial charge in [-0.25, -0.2) is 0 Å². The van der Waals surface area contributed by atoms with Crippen LogP contribution in [0.15, 0.2) is 0 Å². The third-order valence-corrected chi connectivity index (χ3v) is 6.12. The lowest BCUT2D eigenvalue weighted by Crippen LogP contribution is -2.65. The molecule has 188 valence electrons. The van der Waals surface area contributed by atoms with E-state index in [9.17, 15) is 46.0 Å². The number of nitrogens with one attached hydrogen (secondary N) is 1. The van der Waals surface area contributed by atoms with Crippen molar-refractivity contribution in [3.63, 3.8) is 0 Å². The lowest BCUT2D eigenvalue weighted by atomic mass is 9.94. The minimum Gasteiger partial charge on any atom is -0.396 e. The first-order chi connectivity index (χ1) is 15.2. The number of aliphatic hydroxyl groups is 9. The number of rotatable bonds is 7. The molecule has 0 aliphatic carbocycles. The molecule has 0 radical (unpaired) electrons. The molecule has 0 saturated carbocycles. The van der Waals surface area contributed by atoms with Gasteiger partial charge in [0.05, 0.1) is 25.4 Å². The minimum absolute atomic E-state index is 0.175. The predicted octanol–water partition coefficient (Wildman–Crippen LogP) is -6.43. The van der Waals surface area contributed by atoms with Gasteiger partial charge in [0.15, 0.2) is 12.6 Å². The summed E-state index contributed by atoms with van der Waals surface area (Å²) in [6.07, 6.45) is -17.7. The molecule has 3 aliphatic rings. The highest BCUT2D eigenvalue weighted by Gasteiger charge is 2.51. The van der Waals surface area contributed by atoms with Crippen LogP contribution in [0.3, 0.4) is 0 Å². The zero-order chi connectivity index (χ0) is 23.6. The molecule has 0 amide bonds. The molecular formula is C18H33NO13. The van der Waals surface area contributed by atoms with Crippen LogP contribution in [0.2, 0.25) is 0 Å². The second-order valence-corrected chi connectivity index (χ2v) is 8.27. The Labute approximate surface area is 183 Å². The van der Waals surface area contributed by atoms with E-state index in [1.807, 2.05) is 0 Å². The van der Waals surface area contributed by atoms with Gasteiger partial charge in [0, 0.05) is 25.6 Å². The SMILES string of the molecule is OC[C@H]1CNC[C@@H](O[C@@H]2O[C@H](CO)[C@@H](O)[C@H](O[C@@H]3O[C@H](CO)[C@@H](O)[C@H](O)[C@H]3O)[C@H]2O)[C@@H]1O. The monoisotopic (exact) mass is 471 g/mol. The van der Waals surface area contributed by atoms with Gasteiger partial charge in [0.2, 0.25) is 0 Å². The molecule has 0 aromatic heterocycles. The average Bonchev–Trinajstić information content (AvgIpc) is 2.79. The van der Waals surface area contributed by atoms with Gasteiger partial charge in [-0.05, 0) is 0 Å². The van der Waals surface area contributed by atoms with Gasteiger partial charge in [0.25, 0.3) is 0 Å². The highest BCUT2D eigenvalue weighted by atomic mass is 16.7. The molecule has 3 fully saturated rings. The smallest absolute Gasteiger partial charge is 0.187 e. The van der Waals surface area contributed by atoms with Gasteiger partial charge in [0.1, 0.15) is 48.8 Å². The largest absolute Gasteiger partial charge is 0.396 e. The highest BCUT2D eigenvalue weighted by molar-refractivity contribution is 4.95. The summed E-state index contributed by atoms with van der Waals surface area (Å²) in [6.45, 7) is -1.16. The zero-order valence-corrected chi connectivity index (χ0v) is 17.2. The summed E-state index contributed by atoms with van der Waals surface area (Å²) < 4.78 is 21.8. The van der Waals surface area contributed by atoms with Crippen molar-refractivity contribution >= 4 is 0 Å². The van der Waals surface area contributed by atoms with E-state index in [1.165, 1.54) is 0 Å². The average molecular weight is 471 g/mol. The Balaban J connectivity index is 1.73. The topological polar surface area (TPSA) is 231 Å². The van der Waals surface area contributed by atoms with Crippen molar-refractivity contribution in [2.75, 3.05) is 32.9 Å². The van der Waals surface area contributed by atoms with E-state index in [4.69, 9.17) is 18.9 Å². The first kappa shape index (κ1) is 26.1. The fourth-order valence-corrected chi connectivity index (χ4v) is 4.09. The quantitative estimate of drug-likeness (QED) is 0.166. The molecule has 3 rings (SSSR count). The summed E-state index contributed by atoms with van der Waals surface area (Å²) in [5.74, 6) is -0.519. The normalized spacial score (nSPS) is 50.3. The number of hydrogen-bond acceptors (Lipinski definition) is 14. The van der Waals surface area contributed by atoms with E-state index in [-0.39, 0.29) is 13.2 Å². The number of aliphatic hydroxyl groups excluding tert-OH is 9. The Hall–Kier alpha value is -0.560. The standard InChI is InChI=1S/C18H33NO13/c20-3-6-1-19-2-7(10(6)23)29-18-15(28)16(12(25)9(5-22)31-18)32-17-14(27)13(26)11(24)8(4-21)30-17/h6-28H,1-5H2/t6-,7-,8-,9-,10-,11-,12-,13+,14-,15-,16+,17+,18-/m1/s1. The fourth-order valence-electron chi connectivity index (χ4n) is 4.09. The second-order valence-electron chi connectivity index (χ2n) is 8.27. The van der Waals surface area contributed by atoms with Crippen LogP contribution >= 0.6 is 0 Å². The highest BCUT2D eigenvalue weighted by Crippen LogP contribution is 2.30. The van der Waals surface area contributed by atoms with Crippen LogP contribution in [0, 0.1) is 5.92 Å².